The van der Waals surface area contributed by atoms with E-state index in [4.69, 9.17) is 0 Å². The number of carbonyl (C=O) groups excluding carboxylic acids is 1. The summed E-state index contributed by atoms with van der Waals surface area (Å²) in [6.45, 7) is 6.39. The van der Waals surface area contributed by atoms with Gasteiger partial charge >= 0.3 is 0 Å². The van der Waals surface area contributed by atoms with Crippen LogP contribution in [0.25, 0.3) is 0 Å². The van der Waals surface area contributed by atoms with Crippen LogP contribution in [0.1, 0.15) is 23.0 Å². The van der Waals surface area contributed by atoms with Crippen LogP contribution in [0.15, 0.2) is 18.3 Å². The summed E-state index contributed by atoms with van der Waals surface area (Å²) in [4.78, 5) is 18.2. The molecule has 0 unspecified atom stereocenters. The fourth-order valence-electron chi connectivity index (χ4n) is 1.98. The maximum absolute atomic E-state index is 12.2. The van der Waals surface area contributed by atoms with Gasteiger partial charge in [0.15, 0.2) is 0 Å². The van der Waals surface area contributed by atoms with Crippen molar-refractivity contribution in [3.05, 3.63) is 29.6 Å². The van der Waals surface area contributed by atoms with Crippen LogP contribution in [0.3, 0.4) is 0 Å². The van der Waals surface area contributed by atoms with Gasteiger partial charge < -0.3 is 10.2 Å². The molecule has 2 heterocycles. The molecule has 0 spiro atoms. The molecule has 0 saturated carbocycles. The molecule has 1 aromatic rings. The second kappa shape index (κ2) is 4.61. The Labute approximate surface area is 95.7 Å². The second-order valence-electron chi connectivity index (χ2n) is 4.28. The molecule has 86 valence electrons. The summed E-state index contributed by atoms with van der Waals surface area (Å²) in [6.07, 6.45) is 1.67. The molecule has 1 aliphatic rings. The van der Waals surface area contributed by atoms with Gasteiger partial charge in [-0.05, 0) is 25.5 Å². The van der Waals surface area contributed by atoms with Gasteiger partial charge in [-0.3, -0.25) is 9.78 Å². The topological polar surface area (TPSA) is 45.2 Å². The number of hydrogen-bond acceptors (Lipinski definition) is 3. The summed E-state index contributed by atoms with van der Waals surface area (Å²) in [5.74, 6) is 0.0476. The van der Waals surface area contributed by atoms with Crippen LogP contribution in [0.5, 0.6) is 0 Å². The number of nitrogens with one attached hydrogen (secondary N) is 1. The number of rotatable bonds is 1. The highest BCUT2D eigenvalue weighted by Gasteiger charge is 2.23. The van der Waals surface area contributed by atoms with Gasteiger partial charge in [-0.2, -0.15) is 0 Å². The van der Waals surface area contributed by atoms with E-state index in [2.05, 4.69) is 17.2 Å². The summed E-state index contributed by atoms with van der Waals surface area (Å²) >= 11 is 0. The largest absolute Gasteiger partial charge is 0.334 e. The van der Waals surface area contributed by atoms with Crippen molar-refractivity contribution in [3.8, 4) is 0 Å². The summed E-state index contributed by atoms with van der Waals surface area (Å²) in [7, 11) is 0. The molecule has 0 aliphatic carbocycles. The van der Waals surface area contributed by atoms with Gasteiger partial charge in [0, 0.05) is 31.9 Å². The molecular weight excluding hydrogens is 202 g/mol. The second-order valence-corrected chi connectivity index (χ2v) is 4.28. The van der Waals surface area contributed by atoms with Crippen LogP contribution in [-0.2, 0) is 0 Å². The van der Waals surface area contributed by atoms with Gasteiger partial charge in [-0.15, -0.1) is 0 Å². The zero-order valence-corrected chi connectivity index (χ0v) is 9.73. The van der Waals surface area contributed by atoms with Crippen molar-refractivity contribution in [1.82, 2.24) is 15.2 Å². The van der Waals surface area contributed by atoms with Crippen molar-refractivity contribution in [2.24, 2.45) is 0 Å². The summed E-state index contributed by atoms with van der Waals surface area (Å²) < 4.78 is 0. The first-order chi connectivity index (χ1) is 7.68. The average molecular weight is 219 g/mol. The van der Waals surface area contributed by atoms with E-state index in [1.54, 1.807) is 6.20 Å². The molecule has 1 amide bonds. The van der Waals surface area contributed by atoms with Gasteiger partial charge in [0.2, 0.25) is 0 Å². The maximum Gasteiger partial charge on any atom is 0.272 e. The van der Waals surface area contributed by atoms with Crippen molar-refractivity contribution >= 4 is 5.91 Å². The van der Waals surface area contributed by atoms with Crippen LogP contribution in [0.4, 0.5) is 0 Å². The first-order valence-electron chi connectivity index (χ1n) is 5.63. The molecule has 1 aliphatic heterocycles. The third-order valence-corrected chi connectivity index (χ3v) is 2.87. The Bertz CT molecular complexity index is 392. The van der Waals surface area contributed by atoms with Crippen molar-refractivity contribution in [2.75, 3.05) is 19.6 Å². The number of pyridine rings is 1. The number of amides is 1. The summed E-state index contributed by atoms with van der Waals surface area (Å²) in [5.41, 5.74) is 1.52. The number of nitrogens with zero attached hydrogens (tertiary/aromatic N) is 2. The standard InChI is InChI=1S/C12H17N3O/c1-9-4-3-5-14-11(9)12(16)15-7-6-13-10(2)8-15/h3-5,10,13H,6-8H2,1-2H3/t10-/m1/s1. The molecule has 1 N–H and O–H groups in total. The van der Waals surface area contributed by atoms with Gasteiger partial charge in [-0.1, -0.05) is 6.07 Å². The highest BCUT2D eigenvalue weighted by molar-refractivity contribution is 5.93. The third-order valence-electron chi connectivity index (χ3n) is 2.87. The first-order valence-corrected chi connectivity index (χ1v) is 5.63. The van der Waals surface area contributed by atoms with Gasteiger partial charge in [0.05, 0.1) is 0 Å². The van der Waals surface area contributed by atoms with Crippen molar-refractivity contribution in [3.63, 3.8) is 0 Å². The lowest BCUT2D eigenvalue weighted by molar-refractivity contribution is 0.0702. The van der Waals surface area contributed by atoms with Crippen LogP contribution < -0.4 is 5.32 Å². The van der Waals surface area contributed by atoms with E-state index in [0.29, 0.717) is 11.7 Å². The fraction of sp³-hybridized carbons (Fsp3) is 0.500. The molecule has 4 nitrogen and oxygen atoms in total. The molecule has 4 heteroatoms. The number of carbonyl (C=O) groups is 1. The maximum atomic E-state index is 12.2. The van der Waals surface area contributed by atoms with Crippen LogP contribution in [0.2, 0.25) is 0 Å². The number of hydrogen-bond donors (Lipinski definition) is 1. The minimum absolute atomic E-state index is 0.0476. The molecule has 0 radical (unpaired) electrons. The van der Waals surface area contributed by atoms with Crippen molar-refractivity contribution in [2.45, 2.75) is 19.9 Å². The van der Waals surface area contributed by atoms with Gasteiger partial charge in [-0.25, -0.2) is 0 Å². The van der Waals surface area contributed by atoms with E-state index in [1.165, 1.54) is 0 Å². The van der Waals surface area contributed by atoms with E-state index in [1.807, 2.05) is 24.0 Å². The molecule has 0 aromatic carbocycles. The SMILES string of the molecule is Cc1cccnc1C(=O)N1CCN[C@H](C)C1. The number of aryl methyl sites for hydroxylation is 1. The molecule has 16 heavy (non-hydrogen) atoms. The van der Waals surface area contributed by atoms with Crippen molar-refractivity contribution < 1.29 is 4.79 Å². The van der Waals surface area contributed by atoms with E-state index >= 15 is 0 Å². The predicted octanol–water partition coefficient (Wildman–Crippen LogP) is 0.824. The lowest BCUT2D eigenvalue weighted by Gasteiger charge is -2.31. The first kappa shape index (κ1) is 11.1. The predicted molar refractivity (Wildman–Crippen MR) is 62.3 cm³/mol. The Morgan fingerprint density at radius 1 is 1.62 bits per heavy atom. The number of piperazine rings is 1. The molecule has 0 bridgehead atoms. The zero-order valence-electron chi connectivity index (χ0n) is 9.73. The Balaban J connectivity index is 2.16. The Kier molecular flexibility index (Phi) is 3.19. The van der Waals surface area contributed by atoms with Crippen molar-refractivity contribution in [1.29, 1.82) is 0 Å². The minimum atomic E-state index is 0.0476. The quantitative estimate of drug-likeness (QED) is 0.760. The van der Waals surface area contributed by atoms with E-state index in [-0.39, 0.29) is 5.91 Å². The smallest absolute Gasteiger partial charge is 0.272 e. The van der Waals surface area contributed by atoms with Crippen LogP contribution >= 0.6 is 0 Å². The fourth-order valence-corrected chi connectivity index (χ4v) is 1.98. The molecule has 1 saturated heterocycles. The molecule has 1 atom stereocenters. The highest BCUT2D eigenvalue weighted by atomic mass is 16.2. The molecular formula is C12H17N3O. The zero-order chi connectivity index (χ0) is 11.5. The summed E-state index contributed by atoms with van der Waals surface area (Å²) in [6, 6.07) is 4.14. The number of aromatic nitrogens is 1. The van der Waals surface area contributed by atoms with Gasteiger partial charge in [0.25, 0.3) is 5.91 Å². The average Bonchev–Trinajstić information content (AvgIpc) is 2.29. The Hall–Kier alpha value is -1.42. The lowest BCUT2D eigenvalue weighted by atomic mass is 10.1. The highest BCUT2D eigenvalue weighted by Crippen LogP contribution is 2.09. The monoisotopic (exact) mass is 219 g/mol. The normalized spacial score (nSPS) is 20.9. The Morgan fingerprint density at radius 2 is 2.44 bits per heavy atom. The lowest BCUT2D eigenvalue weighted by Crippen LogP contribution is -2.51. The Morgan fingerprint density at radius 3 is 3.12 bits per heavy atom. The van der Waals surface area contributed by atoms with Crippen LogP contribution in [0, 0.1) is 6.92 Å². The minimum Gasteiger partial charge on any atom is -0.334 e. The van der Waals surface area contributed by atoms with E-state index < -0.39 is 0 Å². The van der Waals surface area contributed by atoms with E-state index in [9.17, 15) is 4.79 Å². The third kappa shape index (κ3) is 2.22. The molecule has 1 fully saturated rings. The molecule has 2 rings (SSSR count). The van der Waals surface area contributed by atoms with Crippen LogP contribution in [-0.4, -0.2) is 41.5 Å². The molecule has 1 aromatic heterocycles. The summed E-state index contributed by atoms with van der Waals surface area (Å²) in [5, 5.41) is 3.32. The van der Waals surface area contributed by atoms with E-state index in [0.717, 1.165) is 25.2 Å². The van der Waals surface area contributed by atoms with Gasteiger partial charge in [0.1, 0.15) is 5.69 Å².